The Bertz CT molecular complexity index is 533. The van der Waals surface area contributed by atoms with Crippen molar-refractivity contribution in [2.75, 3.05) is 0 Å². The van der Waals surface area contributed by atoms with Gasteiger partial charge in [0.1, 0.15) is 0 Å². The fourth-order valence-corrected chi connectivity index (χ4v) is 2.92. The molecule has 18 heavy (non-hydrogen) atoms. The number of nitrogens with zero attached hydrogens (tertiary/aromatic N) is 1. The number of benzene rings is 1. The van der Waals surface area contributed by atoms with E-state index in [0.29, 0.717) is 0 Å². The van der Waals surface area contributed by atoms with E-state index in [2.05, 4.69) is 36.3 Å². The summed E-state index contributed by atoms with van der Waals surface area (Å²) in [6.07, 6.45) is 1.18. The van der Waals surface area contributed by atoms with E-state index < -0.39 is 6.10 Å². The van der Waals surface area contributed by atoms with Crippen molar-refractivity contribution < 1.29 is 5.11 Å². The molecular formula is C15H19NOS. The van der Waals surface area contributed by atoms with Gasteiger partial charge in [0.15, 0.2) is 0 Å². The van der Waals surface area contributed by atoms with Crippen LogP contribution in [0, 0.1) is 20.8 Å². The fraction of sp³-hybridized carbons (Fsp3) is 0.400. The van der Waals surface area contributed by atoms with E-state index in [0.717, 1.165) is 34.7 Å². The molecule has 0 fully saturated rings. The van der Waals surface area contributed by atoms with Gasteiger partial charge in [-0.15, -0.1) is 11.3 Å². The Morgan fingerprint density at radius 1 is 1.28 bits per heavy atom. The quantitative estimate of drug-likeness (QED) is 0.909. The van der Waals surface area contributed by atoms with Crippen LogP contribution in [0.4, 0.5) is 0 Å². The first-order chi connectivity index (χ1) is 8.56. The molecule has 96 valence electrons. The van der Waals surface area contributed by atoms with E-state index in [1.165, 1.54) is 5.56 Å². The normalized spacial score (nSPS) is 12.7. The second-order valence-corrected chi connectivity index (χ2v) is 5.74. The van der Waals surface area contributed by atoms with E-state index in [9.17, 15) is 5.11 Å². The number of aliphatic hydroxyl groups excluding tert-OH is 1. The zero-order valence-corrected chi connectivity index (χ0v) is 11.9. The maximum Gasteiger partial charge on any atom is 0.0929 e. The lowest BCUT2D eigenvalue weighted by Gasteiger charge is -2.13. The van der Waals surface area contributed by atoms with Crippen LogP contribution in [-0.4, -0.2) is 10.1 Å². The summed E-state index contributed by atoms with van der Waals surface area (Å²) in [7, 11) is 0. The van der Waals surface area contributed by atoms with Crippen molar-refractivity contribution in [1.82, 2.24) is 4.98 Å². The van der Waals surface area contributed by atoms with Crippen LogP contribution in [0.5, 0.6) is 0 Å². The zero-order chi connectivity index (χ0) is 13.1. The summed E-state index contributed by atoms with van der Waals surface area (Å²) < 4.78 is 0. The molecule has 0 radical (unpaired) electrons. The second-order valence-electron chi connectivity index (χ2n) is 4.80. The lowest BCUT2D eigenvalue weighted by molar-refractivity contribution is 0.167. The Morgan fingerprint density at radius 3 is 2.67 bits per heavy atom. The molecule has 2 rings (SSSR count). The van der Waals surface area contributed by atoms with E-state index >= 15 is 0 Å². The predicted octanol–water partition coefficient (Wildman–Crippen LogP) is 3.73. The number of aryl methyl sites for hydroxylation is 4. The van der Waals surface area contributed by atoms with Gasteiger partial charge < -0.3 is 5.11 Å². The van der Waals surface area contributed by atoms with E-state index in [-0.39, 0.29) is 0 Å². The Kier molecular flexibility index (Phi) is 4.15. The van der Waals surface area contributed by atoms with Gasteiger partial charge in [-0.1, -0.05) is 23.8 Å². The second kappa shape index (κ2) is 5.63. The first-order valence-electron chi connectivity index (χ1n) is 6.22. The van der Waals surface area contributed by atoms with Crippen molar-refractivity contribution in [3.8, 4) is 0 Å². The number of rotatable bonds is 4. The molecule has 0 saturated carbocycles. The Labute approximate surface area is 112 Å². The monoisotopic (exact) mass is 261 g/mol. The SMILES string of the molecule is Cc1ccc(C(O)CCc2nc(C)cs2)c(C)c1. The van der Waals surface area contributed by atoms with Gasteiger partial charge in [0.25, 0.3) is 0 Å². The van der Waals surface area contributed by atoms with E-state index in [1.54, 1.807) is 11.3 Å². The fourth-order valence-electron chi connectivity index (χ4n) is 2.13. The van der Waals surface area contributed by atoms with Gasteiger partial charge in [-0.2, -0.15) is 0 Å². The molecule has 1 heterocycles. The third-order valence-electron chi connectivity index (χ3n) is 3.08. The number of aromatic nitrogens is 1. The third-order valence-corrected chi connectivity index (χ3v) is 4.11. The summed E-state index contributed by atoms with van der Waals surface area (Å²) in [6.45, 7) is 6.13. The maximum absolute atomic E-state index is 10.2. The lowest BCUT2D eigenvalue weighted by atomic mass is 9.98. The minimum atomic E-state index is -0.394. The van der Waals surface area contributed by atoms with Crippen LogP contribution in [0.2, 0.25) is 0 Å². The molecule has 0 spiro atoms. The molecule has 3 heteroatoms. The Morgan fingerprint density at radius 2 is 2.06 bits per heavy atom. The molecule has 2 aromatic rings. The third kappa shape index (κ3) is 3.18. The van der Waals surface area contributed by atoms with Gasteiger partial charge in [0.05, 0.1) is 11.1 Å². The maximum atomic E-state index is 10.2. The van der Waals surface area contributed by atoms with Gasteiger partial charge in [0, 0.05) is 17.5 Å². The van der Waals surface area contributed by atoms with Crippen LogP contribution < -0.4 is 0 Å². The van der Waals surface area contributed by atoms with Crippen molar-refractivity contribution in [2.45, 2.75) is 39.7 Å². The van der Waals surface area contributed by atoms with Crippen LogP contribution in [0.15, 0.2) is 23.6 Å². The zero-order valence-electron chi connectivity index (χ0n) is 11.1. The highest BCUT2D eigenvalue weighted by Crippen LogP contribution is 2.24. The van der Waals surface area contributed by atoms with Gasteiger partial charge in [-0.3, -0.25) is 0 Å². The van der Waals surface area contributed by atoms with Crippen molar-refractivity contribution in [1.29, 1.82) is 0 Å². The summed E-state index contributed by atoms with van der Waals surface area (Å²) in [5.41, 5.74) is 4.50. The molecular weight excluding hydrogens is 242 g/mol. The van der Waals surface area contributed by atoms with Crippen LogP contribution in [0.25, 0.3) is 0 Å². The highest BCUT2D eigenvalue weighted by molar-refractivity contribution is 7.09. The highest BCUT2D eigenvalue weighted by atomic mass is 32.1. The number of aliphatic hydroxyl groups is 1. The summed E-state index contributed by atoms with van der Waals surface area (Å²) >= 11 is 1.67. The molecule has 1 unspecified atom stereocenters. The molecule has 0 aliphatic heterocycles. The van der Waals surface area contributed by atoms with Crippen LogP contribution in [0.3, 0.4) is 0 Å². The minimum Gasteiger partial charge on any atom is -0.388 e. The van der Waals surface area contributed by atoms with Crippen molar-refractivity contribution >= 4 is 11.3 Å². The van der Waals surface area contributed by atoms with Crippen molar-refractivity contribution in [3.63, 3.8) is 0 Å². The minimum absolute atomic E-state index is 0.394. The molecule has 0 amide bonds. The number of thiazole rings is 1. The summed E-state index contributed by atoms with van der Waals surface area (Å²) in [6, 6.07) is 6.20. The topological polar surface area (TPSA) is 33.1 Å². The molecule has 0 bridgehead atoms. The lowest BCUT2D eigenvalue weighted by Crippen LogP contribution is -2.02. The van der Waals surface area contributed by atoms with Gasteiger partial charge >= 0.3 is 0 Å². The average molecular weight is 261 g/mol. The van der Waals surface area contributed by atoms with Gasteiger partial charge in [-0.05, 0) is 38.3 Å². The first kappa shape index (κ1) is 13.2. The molecule has 1 aromatic heterocycles. The smallest absolute Gasteiger partial charge is 0.0929 e. The molecule has 0 aliphatic carbocycles. The van der Waals surface area contributed by atoms with Gasteiger partial charge in [-0.25, -0.2) is 4.98 Å². The summed E-state index contributed by atoms with van der Waals surface area (Å²) in [5, 5.41) is 13.4. The largest absolute Gasteiger partial charge is 0.388 e. The van der Waals surface area contributed by atoms with E-state index in [4.69, 9.17) is 0 Å². The number of hydrogen-bond donors (Lipinski definition) is 1. The highest BCUT2D eigenvalue weighted by Gasteiger charge is 2.11. The predicted molar refractivity (Wildman–Crippen MR) is 76.0 cm³/mol. The van der Waals surface area contributed by atoms with Crippen LogP contribution >= 0.6 is 11.3 Å². The number of hydrogen-bond acceptors (Lipinski definition) is 3. The molecule has 0 saturated heterocycles. The molecule has 1 N–H and O–H groups in total. The van der Waals surface area contributed by atoms with Crippen LogP contribution in [0.1, 0.15) is 39.9 Å². The standard InChI is InChI=1S/C15H19NOS/c1-10-4-5-13(11(2)8-10)14(17)6-7-15-16-12(3)9-18-15/h4-5,8-9,14,17H,6-7H2,1-3H3. The molecule has 0 aliphatic rings. The summed E-state index contributed by atoms with van der Waals surface area (Å²) in [5.74, 6) is 0. The first-order valence-corrected chi connectivity index (χ1v) is 7.10. The molecule has 2 nitrogen and oxygen atoms in total. The molecule has 1 aromatic carbocycles. The Hall–Kier alpha value is -1.19. The van der Waals surface area contributed by atoms with Gasteiger partial charge in [0.2, 0.25) is 0 Å². The Balaban J connectivity index is 2.01. The summed E-state index contributed by atoms with van der Waals surface area (Å²) in [4.78, 5) is 4.42. The molecule has 1 atom stereocenters. The average Bonchev–Trinajstić information content (AvgIpc) is 2.72. The van der Waals surface area contributed by atoms with E-state index in [1.807, 2.05) is 13.0 Å². The van der Waals surface area contributed by atoms with Crippen molar-refractivity contribution in [2.24, 2.45) is 0 Å². The van der Waals surface area contributed by atoms with Crippen LogP contribution in [-0.2, 0) is 6.42 Å². The van der Waals surface area contributed by atoms with Crippen molar-refractivity contribution in [3.05, 3.63) is 51.0 Å².